The lowest BCUT2D eigenvalue weighted by atomic mass is 9.75. The van der Waals surface area contributed by atoms with Crippen LogP contribution in [0.1, 0.15) is 22.6 Å². The van der Waals surface area contributed by atoms with Crippen LogP contribution in [0.3, 0.4) is 0 Å². The summed E-state index contributed by atoms with van der Waals surface area (Å²) in [5.74, 6) is 0.879. The third-order valence-electron chi connectivity index (χ3n) is 6.36. The number of hydrogen-bond acceptors (Lipinski definition) is 4. The molecule has 3 fully saturated rings. The second-order valence-electron chi connectivity index (χ2n) is 8.32. The maximum atomic E-state index is 13.1. The molecule has 6 rings (SSSR count). The Morgan fingerprint density at radius 3 is 2.19 bits per heavy atom. The van der Waals surface area contributed by atoms with Gasteiger partial charge in [-0.05, 0) is 28.8 Å². The average Bonchev–Trinajstić information content (AvgIpc) is 2.84. The maximum Gasteiger partial charge on any atom is 0.243 e. The highest BCUT2D eigenvalue weighted by Gasteiger charge is 2.49. The molecule has 1 unspecified atom stereocenters. The molecule has 0 spiro atoms. The fourth-order valence-electron chi connectivity index (χ4n) is 4.65. The molecule has 3 aromatic rings. The molecule has 3 aromatic carbocycles. The van der Waals surface area contributed by atoms with Crippen LogP contribution in [0.4, 0.5) is 0 Å². The van der Waals surface area contributed by atoms with Gasteiger partial charge in [0, 0.05) is 37.2 Å². The Balaban J connectivity index is 1.27. The number of hydrogen-bond donors (Lipinski definition) is 1. The fourth-order valence-corrected chi connectivity index (χ4v) is 6.18. The number of sulfonamides is 1. The topological polar surface area (TPSA) is 58.6 Å². The lowest BCUT2D eigenvalue weighted by Crippen LogP contribution is -2.72. The van der Waals surface area contributed by atoms with Crippen molar-refractivity contribution in [2.45, 2.75) is 22.9 Å². The summed E-state index contributed by atoms with van der Waals surface area (Å²) in [5.41, 5.74) is 3.58. The summed E-state index contributed by atoms with van der Waals surface area (Å²) in [4.78, 5) is 0.282. The summed E-state index contributed by atoms with van der Waals surface area (Å²) in [6.45, 7) is 0.937. The van der Waals surface area contributed by atoms with Gasteiger partial charge in [-0.15, -0.1) is 0 Å². The zero-order valence-electron chi connectivity index (χ0n) is 17.9. The molecule has 1 N–H and O–H groups in total. The number of nitrogens with zero attached hydrogens (tertiary/aromatic N) is 1. The van der Waals surface area contributed by atoms with Crippen molar-refractivity contribution in [3.63, 3.8) is 0 Å². The van der Waals surface area contributed by atoms with Gasteiger partial charge in [-0.2, -0.15) is 4.31 Å². The lowest BCUT2D eigenvalue weighted by Gasteiger charge is -2.54. The number of nitrogens with one attached hydrogen (secondary N) is 1. The van der Waals surface area contributed by atoms with Gasteiger partial charge in [0.25, 0.3) is 0 Å². The van der Waals surface area contributed by atoms with Gasteiger partial charge in [0.2, 0.25) is 10.0 Å². The van der Waals surface area contributed by atoms with Crippen LogP contribution in [-0.2, 0) is 10.0 Å². The van der Waals surface area contributed by atoms with Gasteiger partial charge >= 0.3 is 0 Å². The van der Waals surface area contributed by atoms with Crippen LogP contribution in [-0.4, -0.2) is 45.0 Å². The van der Waals surface area contributed by atoms with E-state index >= 15 is 0 Å². The Hall–Kier alpha value is -2.93. The molecule has 6 heteroatoms. The van der Waals surface area contributed by atoms with Gasteiger partial charge < -0.3 is 10.1 Å². The van der Waals surface area contributed by atoms with Crippen LogP contribution < -0.4 is 10.1 Å². The molecule has 3 aliphatic heterocycles. The molecule has 32 heavy (non-hydrogen) atoms. The van der Waals surface area contributed by atoms with Gasteiger partial charge in [0.15, 0.2) is 0 Å². The Morgan fingerprint density at radius 2 is 1.53 bits per heavy atom. The van der Waals surface area contributed by atoms with Crippen molar-refractivity contribution in [1.29, 1.82) is 0 Å². The first kappa shape index (κ1) is 20.9. The third kappa shape index (κ3) is 3.97. The highest BCUT2D eigenvalue weighted by atomic mass is 32.2. The summed E-state index contributed by atoms with van der Waals surface area (Å²) in [5, 5.41) is 3.52. The average molecular weight is 447 g/mol. The molecule has 5 nitrogen and oxygen atoms in total. The van der Waals surface area contributed by atoms with Crippen LogP contribution in [0.5, 0.6) is 5.75 Å². The summed E-state index contributed by atoms with van der Waals surface area (Å²) in [7, 11) is -2.00. The SMILES string of the molecule is COc1cccc(S(=O)(=O)N2C[C@@H]3N[C@H](C2)C3c2ccc(/C=C/c3ccccc3)cc2)c1. The van der Waals surface area contributed by atoms with Crippen LogP contribution >= 0.6 is 0 Å². The first-order valence-electron chi connectivity index (χ1n) is 10.8. The second kappa shape index (κ2) is 8.54. The number of piperidine rings is 1. The molecule has 0 aliphatic carbocycles. The highest BCUT2D eigenvalue weighted by molar-refractivity contribution is 7.89. The molecule has 3 atom stereocenters. The van der Waals surface area contributed by atoms with E-state index in [1.54, 1.807) is 35.7 Å². The molecule has 3 aliphatic rings. The molecule has 3 heterocycles. The zero-order chi connectivity index (χ0) is 22.1. The Labute approximate surface area is 189 Å². The van der Waals surface area contributed by atoms with Crippen molar-refractivity contribution in [3.05, 3.63) is 95.6 Å². The second-order valence-corrected chi connectivity index (χ2v) is 10.3. The van der Waals surface area contributed by atoms with Gasteiger partial charge in [-0.25, -0.2) is 8.42 Å². The quantitative estimate of drug-likeness (QED) is 0.582. The first-order valence-corrected chi connectivity index (χ1v) is 12.2. The molecule has 0 saturated carbocycles. The molecular formula is C26H26N2O3S. The minimum absolute atomic E-state index is 0.125. The zero-order valence-corrected chi connectivity index (χ0v) is 18.7. The lowest BCUT2D eigenvalue weighted by molar-refractivity contribution is 0.102. The van der Waals surface area contributed by atoms with E-state index in [0.29, 0.717) is 24.8 Å². The molecule has 3 saturated heterocycles. The van der Waals surface area contributed by atoms with Crippen molar-refractivity contribution in [2.75, 3.05) is 20.2 Å². The summed E-state index contributed by atoms with van der Waals surface area (Å²) in [6, 6.07) is 25.8. The van der Waals surface area contributed by atoms with Crippen molar-refractivity contribution in [2.24, 2.45) is 0 Å². The van der Waals surface area contributed by atoms with Gasteiger partial charge in [-0.1, -0.05) is 72.8 Å². The number of methoxy groups -OCH3 is 1. The fraction of sp³-hybridized carbons (Fsp3) is 0.231. The first-order chi connectivity index (χ1) is 15.5. The van der Waals surface area contributed by atoms with Gasteiger partial charge in [0.05, 0.1) is 12.0 Å². The summed E-state index contributed by atoms with van der Waals surface area (Å²) in [6.07, 6.45) is 4.22. The van der Waals surface area contributed by atoms with E-state index in [9.17, 15) is 8.42 Å². The van der Waals surface area contributed by atoms with E-state index in [4.69, 9.17) is 4.74 Å². The van der Waals surface area contributed by atoms with Crippen LogP contribution in [0, 0.1) is 0 Å². The smallest absolute Gasteiger partial charge is 0.243 e. The highest BCUT2D eigenvalue weighted by Crippen LogP contribution is 2.39. The van der Waals surface area contributed by atoms with Crippen molar-refractivity contribution in [3.8, 4) is 5.75 Å². The Bertz CT molecular complexity index is 1210. The number of piperazine rings is 1. The normalized spacial score (nSPS) is 23.1. The van der Waals surface area contributed by atoms with E-state index < -0.39 is 10.0 Å². The molecule has 0 radical (unpaired) electrons. The van der Waals surface area contributed by atoms with Gasteiger partial charge in [0.1, 0.15) is 5.75 Å². The standard InChI is InChI=1S/C26H26N2O3S/c1-31-22-8-5-9-23(16-22)32(29,30)28-17-24-26(25(18-28)27-24)21-14-12-20(13-15-21)11-10-19-6-3-2-4-7-19/h2-16,24-27H,17-18H2,1H3/b11-10+/t24-,25+,26?. The van der Waals surface area contributed by atoms with Crippen molar-refractivity contribution >= 4 is 22.2 Å². The molecule has 0 amide bonds. The Kier molecular flexibility index (Phi) is 5.59. The predicted molar refractivity (Wildman–Crippen MR) is 127 cm³/mol. The Morgan fingerprint density at radius 1 is 0.875 bits per heavy atom. The molecule has 0 aromatic heterocycles. The molecule has 164 valence electrons. The number of ether oxygens (including phenoxy) is 1. The predicted octanol–water partition coefficient (Wildman–Crippen LogP) is 3.99. The van der Waals surface area contributed by atoms with Crippen LogP contribution in [0.25, 0.3) is 12.2 Å². The van der Waals surface area contributed by atoms with E-state index in [-0.39, 0.29) is 17.0 Å². The monoisotopic (exact) mass is 446 g/mol. The third-order valence-corrected chi connectivity index (χ3v) is 8.19. The van der Waals surface area contributed by atoms with E-state index in [1.165, 1.54) is 11.1 Å². The van der Waals surface area contributed by atoms with E-state index in [2.05, 4.69) is 53.9 Å². The molecular weight excluding hydrogens is 420 g/mol. The molecule has 2 bridgehead atoms. The number of benzene rings is 3. The maximum absolute atomic E-state index is 13.1. The van der Waals surface area contributed by atoms with Crippen LogP contribution in [0.15, 0.2) is 83.8 Å². The summed E-state index contributed by atoms with van der Waals surface area (Å²) < 4.78 is 33.1. The minimum Gasteiger partial charge on any atom is -0.497 e. The van der Waals surface area contributed by atoms with Gasteiger partial charge in [-0.3, -0.25) is 0 Å². The van der Waals surface area contributed by atoms with Crippen LogP contribution in [0.2, 0.25) is 0 Å². The summed E-state index contributed by atoms with van der Waals surface area (Å²) >= 11 is 0. The largest absolute Gasteiger partial charge is 0.497 e. The number of rotatable bonds is 6. The minimum atomic E-state index is -3.54. The van der Waals surface area contributed by atoms with E-state index in [0.717, 1.165) is 5.56 Å². The van der Waals surface area contributed by atoms with Crippen molar-refractivity contribution in [1.82, 2.24) is 9.62 Å². The van der Waals surface area contributed by atoms with Crippen molar-refractivity contribution < 1.29 is 13.2 Å². The van der Waals surface area contributed by atoms with E-state index in [1.807, 2.05) is 18.2 Å². The number of fused-ring (bicyclic) bond motifs is 2.